The SMILES string of the molecule is COc1cc(O)cc(C(=O)N[C@@H]2[C@@H](O)[C@@H](CO)O[C@@H](S[C@@H]3O[C@H](CO)[C@H](O)[C@@H](NC(=O)c4cc(O)cc(OC)c4)[C@H]3O)[C@@H]2O)c1. The van der Waals surface area contributed by atoms with Crippen molar-refractivity contribution in [2.24, 2.45) is 0 Å². The van der Waals surface area contributed by atoms with Crippen LogP contribution in [0.4, 0.5) is 0 Å². The number of methoxy groups -OCH3 is 2. The van der Waals surface area contributed by atoms with Crippen LogP contribution in [-0.4, -0.2) is 140 Å². The fourth-order valence-corrected chi connectivity index (χ4v) is 6.35. The molecule has 2 saturated heterocycles. The van der Waals surface area contributed by atoms with Crippen LogP contribution in [0.2, 0.25) is 0 Å². The summed E-state index contributed by atoms with van der Waals surface area (Å²) in [4.78, 5) is 26.0. The Kier molecular flexibility index (Phi) is 11.3. The third-order valence-corrected chi connectivity index (χ3v) is 8.73. The van der Waals surface area contributed by atoms with E-state index in [9.17, 15) is 50.4 Å². The van der Waals surface area contributed by atoms with Gasteiger partial charge in [-0.3, -0.25) is 9.59 Å². The van der Waals surface area contributed by atoms with Crippen LogP contribution in [-0.2, 0) is 9.47 Å². The van der Waals surface area contributed by atoms with Crippen LogP contribution < -0.4 is 20.1 Å². The highest BCUT2D eigenvalue weighted by Crippen LogP contribution is 2.37. The maximum Gasteiger partial charge on any atom is 0.251 e. The lowest BCUT2D eigenvalue weighted by Crippen LogP contribution is -2.66. The van der Waals surface area contributed by atoms with Crippen LogP contribution in [0.1, 0.15) is 20.7 Å². The molecule has 0 saturated carbocycles. The number of hydrogen-bond acceptors (Lipinski definition) is 15. The van der Waals surface area contributed by atoms with E-state index >= 15 is 0 Å². The van der Waals surface area contributed by atoms with Crippen molar-refractivity contribution in [1.29, 1.82) is 0 Å². The van der Waals surface area contributed by atoms with Crippen molar-refractivity contribution < 1.29 is 69.4 Å². The molecule has 10 atom stereocenters. The number of rotatable bonds is 10. The summed E-state index contributed by atoms with van der Waals surface area (Å²) in [5, 5.41) is 88.4. The molecule has 45 heavy (non-hydrogen) atoms. The van der Waals surface area contributed by atoms with Gasteiger partial charge in [0, 0.05) is 23.3 Å². The molecule has 2 aliphatic heterocycles. The van der Waals surface area contributed by atoms with Crippen LogP contribution in [0.25, 0.3) is 0 Å². The number of carbonyl (C=O) groups excluding carboxylic acids is 2. The number of benzene rings is 2. The maximum atomic E-state index is 13.0. The van der Waals surface area contributed by atoms with Crippen molar-refractivity contribution in [3.05, 3.63) is 47.5 Å². The molecule has 10 N–H and O–H groups in total. The van der Waals surface area contributed by atoms with Crippen molar-refractivity contribution in [3.8, 4) is 23.0 Å². The third kappa shape index (κ3) is 7.71. The lowest BCUT2D eigenvalue weighted by Gasteiger charge is -2.46. The summed E-state index contributed by atoms with van der Waals surface area (Å²) in [6.07, 6.45) is -9.16. The van der Waals surface area contributed by atoms with Crippen molar-refractivity contribution >= 4 is 23.6 Å². The minimum atomic E-state index is -1.67. The zero-order valence-electron chi connectivity index (χ0n) is 24.1. The molecule has 4 rings (SSSR count). The number of ether oxygens (including phenoxy) is 4. The highest BCUT2D eigenvalue weighted by atomic mass is 32.2. The lowest BCUT2D eigenvalue weighted by molar-refractivity contribution is -0.175. The highest BCUT2D eigenvalue weighted by Gasteiger charge is 2.50. The van der Waals surface area contributed by atoms with Crippen molar-refractivity contribution in [1.82, 2.24) is 10.6 Å². The molecule has 0 radical (unpaired) electrons. The summed E-state index contributed by atoms with van der Waals surface area (Å²) in [5.41, 5.74) is -2.85. The van der Waals surface area contributed by atoms with Gasteiger partial charge in [0.15, 0.2) is 0 Å². The number of thioether (sulfide) groups is 1. The smallest absolute Gasteiger partial charge is 0.251 e. The van der Waals surface area contributed by atoms with E-state index in [1.807, 2.05) is 0 Å². The Bertz CT molecular complexity index is 1250. The molecule has 2 fully saturated rings. The molecular formula is C28H36N2O14S. The molecule has 2 aromatic rings. The van der Waals surface area contributed by atoms with Gasteiger partial charge in [-0.1, -0.05) is 11.8 Å². The van der Waals surface area contributed by atoms with Gasteiger partial charge in [0.1, 0.15) is 70.5 Å². The quantitative estimate of drug-likeness (QED) is 0.128. The molecule has 2 amide bonds. The van der Waals surface area contributed by atoms with Gasteiger partial charge >= 0.3 is 0 Å². The Labute approximate surface area is 261 Å². The number of phenolic OH excluding ortho intramolecular Hbond substituents is 2. The van der Waals surface area contributed by atoms with Gasteiger partial charge in [-0.15, -0.1) is 0 Å². The van der Waals surface area contributed by atoms with Crippen LogP contribution in [0.3, 0.4) is 0 Å². The Morgan fingerprint density at radius 3 is 1.40 bits per heavy atom. The molecule has 2 aromatic carbocycles. The molecule has 0 aliphatic carbocycles. The number of hydrogen-bond donors (Lipinski definition) is 10. The second kappa shape index (κ2) is 14.8. The first-order valence-corrected chi connectivity index (χ1v) is 14.6. The van der Waals surface area contributed by atoms with E-state index in [0.29, 0.717) is 11.8 Å². The molecule has 0 aromatic heterocycles. The summed E-state index contributed by atoms with van der Waals surface area (Å²) >= 11 is 0.659. The van der Waals surface area contributed by atoms with Gasteiger partial charge in [-0.25, -0.2) is 0 Å². The van der Waals surface area contributed by atoms with E-state index in [-0.39, 0.29) is 34.1 Å². The third-order valence-electron chi connectivity index (χ3n) is 7.41. The maximum absolute atomic E-state index is 13.0. The average Bonchev–Trinajstić information content (AvgIpc) is 3.02. The topological polar surface area (TPSA) is 257 Å². The highest BCUT2D eigenvalue weighted by molar-refractivity contribution is 8.00. The summed E-state index contributed by atoms with van der Waals surface area (Å²) in [6, 6.07) is 4.60. The van der Waals surface area contributed by atoms with Gasteiger partial charge in [0.2, 0.25) is 0 Å². The summed E-state index contributed by atoms with van der Waals surface area (Å²) < 4.78 is 21.4. The lowest BCUT2D eigenvalue weighted by atomic mass is 9.96. The summed E-state index contributed by atoms with van der Waals surface area (Å²) in [5.74, 6) is -1.82. The minimum Gasteiger partial charge on any atom is -0.508 e. The number of amides is 2. The number of aliphatic hydroxyl groups is 6. The van der Waals surface area contributed by atoms with Crippen LogP contribution in [0.15, 0.2) is 36.4 Å². The first kappa shape index (κ1) is 34.5. The van der Waals surface area contributed by atoms with Crippen LogP contribution in [0.5, 0.6) is 23.0 Å². The number of nitrogens with one attached hydrogen (secondary N) is 2. The van der Waals surface area contributed by atoms with E-state index in [4.69, 9.17) is 18.9 Å². The van der Waals surface area contributed by atoms with Crippen LogP contribution >= 0.6 is 11.8 Å². The van der Waals surface area contributed by atoms with Gasteiger partial charge in [0.05, 0.1) is 39.5 Å². The van der Waals surface area contributed by atoms with Crippen molar-refractivity contribution in [2.75, 3.05) is 27.4 Å². The Balaban J connectivity index is 1.53. The largest absolute Gasteiger partial charge is 0.508 e. The standard InChI is InChI=1S/C28H36N2O14S/c1-41-15-5-11(3-13(33)7-15)25(39)29-19-21(35)17(9-31)43-27(23(19)37)45-28-24(38)20(22(36)18(10-32)44-28)30-26(40)12-4-14(34)8-16(6-12)42-2/h3-8,17-24,27-28,31-38H,9-10H2,1-2H3,(H,29,39)(H,30,40)/t17-,18-,19-,20-,21+,22+,23-,24-,27+,28+/m1/s1. The molecule has 0 spiro atoms. The Morgan fingerprint density at radius 2 is 1.07 bits per heavy atom. The molecular weight excluding hydrogens is 620 g/mol. The second-order valence-electron chi connectivity index (χ2n) is 10.4. The molecule has 2 heterocycles. The zero-order chi connectivity index (χ0) is 33.0. The molecule has 248 valence electrons. The first-order valence-electron chi connectivity index (χ1n) is 13.7. The molecule has 0 bridgehead atoms. The number of phenols is 2. The van der Waals surface area contributed by atoms with Crippen LogP contribution in [0, 0.1) is 0 Å². The van der Waals surface area contributed by atoms with Crippen molar-refractivity contribution in [3.63, 3.8) is 0 Å². The molecule has 0 unspecified atom stereocenters. The number of carbonyl (C=O) groups is 2. The van der Waals surface area contributed by atoms with E-state index < -0.39 is 84.6 Å². The second-order valence-corrected chi connectivity index (χ2v) is 11.6. The normalized spacial score (nSPS) is 31.6. The van der Waals surface area contributed by atoms with E-state index in [0.717, 1.165) is 12.1 Å². The Morgan fingerprint density at radius 1 is 0.689 bits per heavy atom. The van der Waals surface area contributed by atoms with Crippen molar-refractivity contribution in [2.45, 2.75) is 59.6 Å². The van der Waals surface area contributed by atoms with Gasteiger partial charge in [-0.2, -0.15) is 0 Å². The predicted molar refractivity (Wildman–Crippen MR) is 155 cm³/mol. The number of aromatic hydroxyl groups is 2. The average molecular weight is 657 g/mol. The minimum absolute atomic E-state index is 0.0590. The fourth-order valence-electron chi connectivity index (χ4n) is 5.01. The summed E-state index contributed by atoms with van der Waals surface area (Å²) in [6.45, 7) is -1.45. The first-order chi connectivity index (χ1) is 21.4. The monoisotopic (exact) mass is 656 g/mol. The molecule has 16 nitrogen and oxygen atoms in total. The van der Waals surface area contributed by atoms with E-state index in [1.54, 1.807) is 0 Å². The predicted octanol–water partition coefficient (Wildman–Crippen LogP) is -2.38. The Hall–Kier alpha value is -3.39. The molecule has 17 heteroatoms. The fraction of sp³-hybridized carbons (Fsp3) is 0.500. The summed E-state index contributed by atoms with van der Waals surface area (Å²) in [7, 11) is 2.66. The van der Waals surface area contributed by atoms with Gasteiger partial charge in [0.25, 0.3) is 11.8 Å². The molecule has 2 aliphatic rings. The van der Waals surface area contributed by atoms with Gasteiger partial charge < -0.3 is 70.4 Å². The number of aliphatic hydroxyl groups excluding tert-OH is 6. The van der Waals surface area contributed by atoms with E-state index in [1.165, 1.54) is 38.5 Å². The zero-order valence-corrected chi connectivity index (χ0v) is 24.9. The van der Waals surface area contributed by atoms with E-state index in [2.05, 4.69) is 10.6 Å². The van der Waals surface area contributed by atoms with Gasteiger partial charge in [-0.05, 0) is 24.3 Å².